The second-order valence-corrected chi connectivity index (χ2v) is 12.8. The molecule has 0 bridgehead atoms. The quantitative estimate of drug-likeness (QED) is 0.145. The molecule has 1 saturated carbocycles. The van der Waals surface area contributed by atoms with Gasteiger partial charge in [0.15, 0.2) is 6.04 Å². The van der Waals surface area contributed by atoms with Crippen LogP contribution in [0.3, 0.4) is 0 Å². The van der Waals surface area contributed by atoms with Gasteiger partial charge in [0.05, 0.1) is 28.9 Å². The molecule has 1 aliphatic heterocycles. The Kier molecular flexibility index (Phi) is 8.97. The monoisotopic (exact) mass is 717 g/mol. The summed E-state index contributed by atoms with van der Waals surface area (Å²) in [5.41, 5.74) is 1.04. The van der Waals surface area contributed by atoms with Gasteiger partial charge in [-0.3, -0.25) is 14.9 Å². The van der Waals surface area contributed by atoms with Gasteiger partial charge in [0, 0.05) is 28.0 Å². The number of alkyl halides is 3. The van der Waals surface area contributed by atoms with Crippen LogP contribution in [0.4, 0.5) is 30.4 Å². The summed E-state index contributed by atoms with van der Waals surface area (Å²) in [5.74, 6) is -0.0816. The summed E-state index contributed by atoms with van der Waals surface area (Å²) in [5, 5.41) is 21.9. The zero-order chi connectivity index (χ0) is 32.6. The number of anilines is 2. The number of carbonyl (C=O) groups is 1. The molecule has 14 heteroatoms. The molecular formula is C32H28BrClF3N5O4. The molecule has 4 aromatic rings. The fourth-order valence-corrected chi connectivity index (χ4v) is 6.58. The number of nitrogens with zero attached hydrogens (tertiary/aromatic N) is 3. The van der Waals surface area contributed by atoms with E-state index in [-0.39, 0.29) is 40.8 Å². The number of halogens is 5. The van der Waals surface area contributed by atoms with Gasteiger partial charge in [-0.05, 0) is 60.2 Å². The Morgan fingerprint density at radius 1 is 1.09 bits per heavy atom. The topological polar surface area (TPSA) is 111 Å². The van der Waals surface area contributed by atoms with Gasteiger partial charge in [0.2, 0.25) is 0 Å². The molecule has 2 heterocycles. The summed E-state index contributed by atoms with van der Waals surface area (Å²) < 4.78 is 50.2. The fourth-order valence-electron chi connectivity index (χ4n) is 6.13. The van der Waals surface area contributed by atoms with Crippen LogP contribution in [0.1, 0.15) is 78.0 Å². The van der Waals surface area contributed by atoms with Crippen molar-refractivity contribution in [3.8, 4) is 11.5 Å². The third-order valence-electron chi connectivity index (χ3n) is 8.36. The van der Waals surface area contributed by atoms with E-state index < -0.39 is 29.1 Å². The summed E-state index contributed by atoms with van der Waals surface area (Å²) in [4.78, 5) is 24.7. The zero-order valence-corrected chi connectivity index (χ0v) is 26.5. The van der Waals surface area contributed by atoms with Crippen molar-refractivity contribution in [2.24, 2.45) is 0 Å². The lowest BCUT2D eigenvalue weighted by molar-refractivity contribution is -0.384. The lowest BCUT2D eigenvalue weighted by Crippen LogP contribution is -2.36. The van der Waals surface area contributed by atoms with Gasteiger partial charge in [-0.15, -0.1) is 0 Å². The lowest BCUT2D eigenvalue weighted by Gasteiger charge is -2.34. The maximum Gasteiger partial charge on any atom is 0.410 e. The van der Waals surface area contributed by atoms with Gasteiger partial charge in [-0.1, -0.05) is 58.9 Å². The number of rotatable bonds is 7. The molecule has 1 aromatic heterocycles. The van der Waals surface area contributed by atoms with Crippen LogP contribution in [0.15, 0.2) is 71.3 Å². The predicted molar refractivity (Wildman–Crippen MR) is 171 cm³/mol. The highest BCUT2D eigenvalue weighted by Crippen LogP contribution is 2.45. The van der Waals surface area contributed by atoms with E-state index in [1.165, 1.54) is 12.1 Å². The number of non-ortho nitro benzene ring substituents is 1. The molecule has 0 radical (unpaired) electrons. The molecule has 9 nitrogen and oxygen atoms in total. The number of hydrogen-bond donors (Lipinski definition) is 2. The summed E-state index contributed by atoms with van der Waals surface area (Å²) in [6, 6.07) is 13.2. The van der Waals surface area contributed by atoms with Gasteiger partial charge >= 0.3 is 6.18 Å². The standard InChI is InChI=1S/C32H28BrClF3N5O4/c33-20-8-6-19(7-9-20)27-16-29(32(35,36)37)41-30(40-27)26(17-38-41)31(43)39-22-13-23(42(44)45)15-24(14-22)46-28-11-10-21(34)12-25(28)18-4-2-1-3-5-18/h6-15,17-18,27,29,40H,1-5,16H2,(H,39,43)/t27-,29-/m0/s1. The zero-order valence-electron chi connectivity index (χ0n) is 24.2. The minimum Gasteiger partial charge on any atom is -0.457 e. The van der Waals surface area contributed by atoms with Gasteiger partial charge in [0.25, 0.3) is 11.6 Å². The van der Waals surface area contributed by atoms with Gasteiger partial charge in [-0.25, -0.2) is 4.68 Å². The number of nitro groups is 1. The van der Waals surface area contributed by atoms with Crippen LogP contribution in [0.2, 0.25) is 5.02 Å². The van der Waals surface area contributed by atoms with Crippen molar-refractivity contribution in [2.75, 3.05) is 10.6 Å². The largest absolute Gasteiger partial charge is 0.457 e. The van der Waals surface area contributed by atoms with Crippen LogP contribution >= 0.6 is 27.5 Å². The number of amides is 1. The Balaban J connectivity index is 1.30. The maximum absolute atomic E-state index is 14.2. The molecule has 2 aliphatic rings. The third-order valence-corrected chi connectivity index (χ3v) is 9.12. The highest BCUT2D eigenvalue weighted by atomic mass is 79.9. The van der Waals surface area contributed by atoms with Crippen molar-refractivity contribution >= 4 is 50.6 Å². The van der Waals surface area contributed by atoms with Crippen LogP contribution in [0.5, 0.6) is 11.5 Å². The molecule has 6 rings (SSSR count). The van der Waals surface area contributed by atoms with Crippen molar-refractivity contribution < 1.29 is 27.6 Å². The SMILES string of the molecule is O=C(Nc1cc(Oc2ccc(Cl)cc2C2CCCCC2)cc([N+](=O)[O-])c1)c1cnn2c1N[C@H](c1ccc(Br)cc1)C[C@H]2C(F)(F)F. The molecule has 0 saturated heterocycles. The summed E-state index contributed by atoms with van der Waals surface area (Å²) >= 11 is 9.64. The first kappa shape index (κ1) is 31.9. The molecule has 2 N–H and O–H groups in total. The summed E-state index contributed by atoms with van der Waals surface area (Å²) in [6.45, 7) is 0. The number of nitro benzene ring substituents is 1. The van der Waals surface area contributed by atoms with Crippen molar-refractivity contribution in [3.63, 3.8) is 0 Å². The molecule has 1 amide bonds. The normalized spacial score (nSPS) is 18.4. The number of fused-ring (bicyclic) bond motifs is 1. The molecule has 2 atom stereocenters. The van der Waals surface area contributed by atoms with Crippen molar-refractivity contribution in [1.82, 2.24) is 9.78 Å². The minimum atomic E-state index is -4.63. The number of aromatic nitrogens is 2. The van der Waals surface area contributed by atoms with E-state index in [9.17, 15) is 28.1 Å². The molecule has 0 spiro atoms. The number of benzene rings is 3. The molecular weight excluding hydrogens is 691 g/mol. The van der Waals surface area contributed by atoms with Crippen LogP contribution < -0.4 is 15.4 Å². The second-order valence-electron chi connectivity index (χ2n) is 11.4. The minimum absolute atomic E-state index is 0.0231. The van der Waals surface area contributed by atoms with E-state index in [1.54, 1.807) is 36.4 Å². The Morgan fingerprint density at radius 2 is 1.83 bits per heavy atom. The van der Waals surface area contributed by atoms with Crippen molar-refractivity contribution in [3.05, 3.63) is 103 Å². The highest BCUT2D eigenvalue weighted by molar-refractivity contribution is 9.10. The molecule has 240 valence electrons. The lowest BCUT2D eigenvalue weighted by atomic mass is 9.84. The molecule has 46 heavy (non-hydrogen) atoms. The second kappa shape index (κ2) is 13.0. The molecule has 1 fully saturated rings. The number of nitrogens with one attached hydrogen (secondary N) is 2. The van der Waals surface area contributed by atoms with Crippen LogP contribution in [0.25, 0.3) is 0 Å². The van der Waals surface area contributed by atoms with E-state index in [2.05, 4.69) is 31.7 Å². The maximum atomic E-state index is 14.2. The predicted octanol–water partition coefficient (Wildman–Crippen LogP) is 9.96. The average Bonchev–Trinajstić information content (AvgIpc) is 3.46. The van der Waals surface area contributed by atoms with Gasteiger partial charge in [-0.2, -0.15) is 18.3 Å². The Bertz CT molecular complexity index is 1780. The van der Waals surface area contributed by atoms with E-state index in [4.69, 9.17) is 16.3 Å². The van der Waals surface area contributed by atoms with Crippen LogP contribution in [-0.4, -0.2) is 26.8 Å². The Hall–Kier alpha value is -4.10. The van der Waals surface area contributed by atoms with Gasteiger partial charge < -0.3 is 15.4 Å². The first-order valence-corrected chi connectivity index (χ1v) is 15.9. The van der Waals surface area contributed by atoms with Crippen molar-refractivity contribution in [1.29, 1.82) is 0 Å². The fraction of sp³-hybridized carbons (Fsp3) is 0.312. The number of carbonyl (C=O) groups excluding carboxylic acids is 1. The van der Waals surface area contributed by atoms with Crippen LogP contribution in [0, 0.1) is 10.1 Å². The first-order chi connectivity index (χ1) is 22.0. The third kappa shape index (κ3) is 6.85. The van der Waals surface area contributed by atoms with E-state index in [1.807, 2.05) is 6.07 Å². The number of ether oxygens (including phenoxy) is 1. The molecule has 1 aliphatic carbocycles. The molecule has 0 unspecified atom stereocenters. The van der Waals surface area contributed by atoms with Crippen molar-refractivity contribution in [2.45, 2.75) is 62.7 Å². The Labute approximate surface area is 275 Å². The smallest absolute Gasteiger partial charge is 0.410 e. The Morgan fingerprint density at radius 3 is 2.52 bits per heavy atom. The van der Waals surface area contributed by atoms with E-state index in [0.717, 1.165) is 59.1 Å². The summed E-state index contributed by atoms with van der Waals surface area (Å²) in [6.07, 6.45) is 1.33. The molecule has 3 aromatic carbocycles. The van der Waals surface area contributed by atoms with Crippen LogP contribution in [-0.2, 0) is 0 Å². The summed E-state index contributed by atoms with van der Waals surface area (Å²) in [7, 11) is 0. The first-order valence-electron chi connectivity index (χ1n) is 14.7. The number of hydrogen-bond acceptors (Lipinski definition) is 6. The van der Waals surface area contributed by atoms with E-state index >= 15 is 0 Å². The van der Waals surface area contributed by atoms with E-state index in [0.29, 0.717) is 16.3 Å². The van der Waals surface area contributed by atoms with Gasteiger partial charge in [0.1, 0.15) is 22.9 Å². The highest BCUT2D eigenvalue weighted by Gasteiger charge is 2.47. The average molecular weight is 719 g/mol.